The fourth-order valence-corrected chi connectivity index (χ4v) is 3.35. The number of fused-ring (bicyclic) bond motifs is 1. The van der Waals surface area contributed by atoms with Gasteiger partial charge < -0.3 is 21.4 Å². The third kappa shape index (κ3) is 5.57. The minimum atomic E-state index is -0.714. The molecule has 0 bridgehead atoms. The van der Waals surface area contributed by atoms with Crippen molar-refractivity contribution in [2.45, 2.75) is 38.8 Å². The standard InChI is InChI=1S/C22H27N5O2/c1-14(2)12-19(27-22(23)29)21(28)26-18(13-15-8-4-3-5-9-15)20-24-16-10-6-7-11-17(16)25-20/h3-11,14,18-19H,12-13H2,1-2H3,(H,24,25)(H,26,28)(H3,23,27,29)/t18-,19+/m0/s1. The summed E-state index contributed by atoms with van der Waals surface area (Å²) in [6, 6.07) is 15.8. The molecule has 152 valence electrons. The number of H-pyrrole nitrogens is 1. The fraction of sp³-hybridized carbons (Fsp3) is 0.318. The summed E-state index contributed by atoms with van der Waals surface area (Å²) in [5, 5.41) is 5.61. The highest BCUT2D eigenvalue weighted by Gasteiger charge is 2.26. The van der Waals surface area contributed by atoms with E-state index in [9.17, 15) is 9.59 Å². The molecule has 0 fully saturated rings. The number of amides is 3. The van der Waals surface area contributed by atoms with Crippen molar-refractivity contribution in [1.29, 1.82) is 0 Å². The molecular weight excluding hydrogens is 366 g/mol. The van der Waals surface area contributed by atoms with Crippen molar-refractivity contribution in [3.63, 3.8) is 0 Å². The topological polar surface area (TPSA) is 113 Å². The number of primary amides is 1. The average Bonchev–Trinajstić information content (AvgIpc) is 3.11. The summed E-state index contributed by atoms with van der Waals surface area (Å²) in [5.74, 6) is 0.612. The van der Waals surface area contributed by atoms with Gasteiger partial charge in [0.1, 0.15) is 11.9 Å². The lowest BCUT2D eigenvalue weighted by atomic mass is 10.0. The number of hydrogen-bond donors (Lipinski definition) is 4. The molecule has 0 unspecified atom stereocenters. The smallest absolute Gasteiger partial charge is 0.312 e. The van der Waals surface area contributed by atoms with Gasteiger partial charge in [0.15, 0.2) is 0 Å². The molecule has 0 aliphatic rings. The fourth-order valence-electron chi connectivity index (χ4n) is 3.35. The van der Waals surface area contributed by atoms with Crippen molar-refractivity contribution in [2.75, 3.05) is 0 Å². The zero-order valence-corrected chi connectivity index (χ0v) is 16.7. The Kier molecular flexibility index (Phi) is 6.49. The highest BCUT2D eigenvalue weighted by molar-refractivity contribution is 5.87. The van der Waals surface area contributed by atoms with Crippen molar-refractivity contribution < 1.29 is 9.59 Å². The zero-order valence-electron chi connectivity index (χ0n) is 16.7. The van der Waals surface area contributed by atoms with Crippen LogP contribution in [0.4, 0.5) is 4.79 Å². The number of aromatic amines is 1. The molecule has 3 rings (SSSR count). The molecular formula is C22H27N5O2. The molecule has 3 amide bonds. The second-order valence-electron chi connectivity index (χ2n) is 7.58. The molecule has 7 heteroatoms. The molecule has 5 N–H and O–H groups in total. The number of nitrogens with zero attached hydrogens (tertiary/aromatic N) is 1. The molecule has 0 spiro atoms. The molecule has 2 atom stereocenters. The van der Waals surface area contributed by atoms with E-state index in [-0.39, 0.29) is 17.9 Å². The van der Waals surface area contributed by atoms with Crippen LogP contribution in [-0.2, 0) is 11.2 Å². The number of rotatable bonds is 8. The van der Waals surface area contributed by atoms with Crippen LogP contribution in [-0.4, -0.2) is 27.9 Å². The summed E-state index contributed by atoms with van der Waals surface area (Å²) >= 11 is 0. The van der Waals surface area contributed by atoms with Gasteiger partial charge in [0.05, 0.1) is 17.1 Å². The quantitative estimate of drug-likeness (QED) is 0.472. The zero-order chi connectivity index (χ0) is 20.8. The number of carbonyl (C=O) groups excluding carboxylic acids is 2. The number of benzene rings is 2. The van der Waals surface area contributed by atoms with Crippen LogP contribution in [0.25, 0.3) is 11.0 Å². The summed E-state index contributed by atoms with van der Waals surface area (Å²) in [5.41, 5.74) is 8.09. The first-order chi connectivity index (χ1) is 13.9. The minimum absolute atomic E-state index is 0.219. The predicted octanol–water partition coefficient (Wildman–Crippen LogP) is 3.05. The number of nitrogens with one attached hydrogen (secondary N) is 3. The van der Waals surface area contributed by atoms with E-state index >= 15 is 0 Å². The average molecular weight is 393 g/mol. The Morgan fingerprint density at radius 3 is 2.38 bits per heavy atom. The maximum absolute atomic E-state index is 13.0. The lowest BCUT2D eigenvalue weighted by Gasteiger charge is -2.23. The van der Waals surface area contributed by atoms with Crippen molar-refractivity contribution in [3.05, 3.63) is 66.0 Å². The Hall–Kier alpha value is -3.35. The van der Waals surface area contributed by atoms with Crippen LogP contribution in [0.5, 0.6) is 0 Å². The Bertz CT molecular complexity index is 935. The first-order valence-electron chi connectivity index (χ1n) is 9.77. The number of imidazole rings is 1. The van der Waals surface area contributed by atoms with Crippen LogP contribution < -0.4 is 16.4 Å². The lowest BCUT2D eigenvalue weighted by Crippen LogP contribution is -2.50. The minimum Gasteiger partial charge on any atom is -0.352 e. The molecule has 1 aromatic heterocycles. The van der Waals surface area contributed by atoms with Gasteiger partial charge in [0.25, 0.3) is 0 Å². The molecule has 29 heavy (non-hydrogen) atoms. The van der Waals surface area contributed by atoms with E-state index in [0.717, 1.165) is 16.6 Å². The Balaban J connectivity index is 1.87. The first kappa shape index (κ1) is 20.4. The Morgan fingerprint density at radius 2 is 1.72 bits per heavy atom. The van der Waals surface area contributed by atoms with Crippen LogP contribution >= 0.6 is 0 Å². The Labute approximate surface area is 170 Å². The number of hydrogen-bond acceptors (Lipinski definition) is 3. The molecule has 0 aliphatic heterocycles. The summed E-state index contributed by atoms with van der Waals surface area (Å²) in [6.07, 6.45) is 1.06. The van der Waals surface area contributed by atoms with E-state index in [0.29, 0.717) is 18.7 Å². The number of aromatic nitrogens is 2. The van der Waals surface area contributed by atoms with Gasteiger partial charge in [-0.05, 0) is 36.5 Å². The summed E-state index contributed by atoms with van der Waals surface area (Å²) in [6.45, 7) is 3.98. The monoisotopic (exact) mass is 393 g/mol. The highest BCUT2D eigenvalue weighted by Crippen LogP contribution is 2.20. The maximum Gasteiger partial charge on any atom is 0.312 e. The lowest BCUT2D eigenvalue weighted by molar-refractivity contribution is -0.124. The summed E-state index contributed by atoms with van der Waals surface area (Å²) in [7, 11) is 0. The third-order valence-electron chi connectivity index (χ3n) is 4.68. The second kappa shape index (κ2) is 9.23. The molecule has 0 saturated heterocycles. The normalized spacial score (nSPS) is 13.2. The largest absolute Gasteiger partial charge is 0.352 e. The molecule has 0 radical (unpaired) electrons. The van der Waals surface area contributed by atoms with E-state index in [4.69, 9.17) is 5.73 Å². The van der Waals surface area contributed by atoms with E-state index < -0.39 is 12.1 Å². The van der Waals surface area contributed by atoms with Crippen LogP contribution in [0.2, 0.25) is 0 Å². The van der Waals surface area contributed by atoms with Gasteiger partial charge in [-0.15, -0.1) is 0 Å². The van der Waals surface area contributed by atoms with Crippen molar-refractivity contribution in [1.82, 2.24) is 20.6 Å². The molecule has 7 nitrogen and oxygen atoms in total. The van der Waals surface area contributed by atoms with Gasteiger partial charge in [-0.1, -0.05) is 56.3 Å². The number of para-hydroxylation sites is 2. The van der Waals surface area contributed by atoms with Crippen LogP contribution in [0.3, 0.4) is 0 Å². The van der Waals surface area contributed by atoms with Crippen LogP contribution in [0, 0.1) is 5.92 Å². The molecule has 0 aliphatic carbocycles. The summed E-state index contributed by atoms with van der Waals surface area (Å²) in [4.78, 5) is 32.3. The highest BCUT2D eigenvalue weighted by atomic mass is 16.2. The Morgan fingerprint density at radius 1 is 1.03 bits per heavy atom. The molecule has 0 saturated carbocycles. The van der Waals surface area contributed by atoms with Gasteiger partial charge >= 0.3 is 6.03 Å². The van der Waals surface area contributed by atoms with Gasteiger partial charge in [-0.3, -0.25) is 4.79 Å². The van der Waals surface area contributed by atoms with Gasteiger partial charge in [0.2, 0.25) is 5.91 Å². The van der Waals surface area contributed by atoms with E-state index in [1.165, 1.54) is 0 Å². The first-order valence-corrected chi connectivity index (χ1v) is 9.77. The van der Waals surface area contributed by atoms with E-state index in [1.807, 2.05) is 68.4 Å². The summed E-state index contributed by atoms with van der Waals surface area (Å²) < 4.78 is 0. The third-order valence-corrected chi connectivity index (χ3v) is 4.68. The molecule has 3 aromatic rings. The van der Waals surface area contributed by atoms with E-state index in [1.54, 1.807) is 0 Å². The maximum atomic E-state index is 13.0. The van der Waals surface area contributed by atoms with Crippen molar-refractivity contribution in [2.24, 2.45) is 11.7 Å². The van der Waals surface area contributed by atoms with Crippen LogP contribution in [0.15, 0.2) is 54.6 Å². The van der Waals surface area contributed by atoms with E-state index in [2.05, 4.69) is 20.6 Å². The second-order valence-corrected chi connectivity index (χ2v) is 7.58. The van der Waals surface area contributed by atoms with Gasteiger partial charge in [-0.2, -0.15) is 0 Å². The number of nitrogens with two attached hydrogens (primary N) is 1. The molecule has 2 aromatic carbocycles. The van der Waals surface area contributed by atoms with Crippen LogP contribution in [0.1, 0.15) is 37.7 Å². The van der Waals surface area contributed by atoms with Gasteiger partial charge in [0, 0.05) is 0 Å². The SMILES string of the molecule is CC(C)C[C@@H](NC(N)=O)C(=O)N[C@@H](Cc1ccccc1)c1nc2ccccc2[nH]1. The predicted molar refractivity (Wildman–Crippen MR) is 113 cm³/mol. The van der Waals surface area contributed by atoms with Crippen molar-refractivity contribution >= 4 is 23.0 Å². The number of urea groups is 1. The molecule has 1 heterocycles. The van der Waals surface area contributed by atoms with Gasteiger partial charge in [-0.25, -0.2) is 9.78 Å². The number of carbonyl (C=O) groups is 2. The van der Waals surface area contributed by atoms with Crippen molar-refractivity contribution in [3.8, 4) is 0 Å².